The van der Waals surface area contributed by atoms with Crippen molar-refractivity contribution in [3.05, 3.63) is 99.5 Å². The number of phenolic OH excluding ortho intramolecular Hbond substituents is 1. The molecule has 0 aromatic heterocycles. The van der Waals surface area contributed by atoms with Crippen LogP contribution >= 0.6 is 23.2 Å². The molecule has 8 heteroatoms. The predicted octanol–water partition coefficient (Wildman–Crippen LogP) is 6.24. The molecule has 2 N–H and O–H groups in total. The molecule has 5 nitrogen and oxygen atoms in total. The number of rotatable bonds is 10. The van der Waals surface area contributed by atoms with Crippen LogP contribution in [0.2, 0.25) is 10.0 Å². The van der Waals surface area contributed by atoms with Gasteiger partial charge in [0.1, 0.15) is 5.75 Å². The standard InChI is InChI=1S/C26H28Cl2N2O3S/c1-18(2)13-23(29-16-21-14-22(27)15-24(28)26(21)31)17-34(32,33)30-25(19-9-5-3-6-10-19)20-11-7-4-8-12-20/h3-12,14-16,18,23,25,30-31H,13,17H2,1-2H3. The maximum Gasteiger partial charge on any atom is 0.214 e. The third kappa shape index (κ3) is 7.57. The van der Waals surface area contributed by atoms with Gasteiger partial charge in [0, 0.05) is 16.8 Å². The molecule has 0 fully saturated rings. The van der Waals surface area contributed by atoms with Gasteiger partial charge in [-0.1, -0.05) is 97.7 Å². The maximum atomic E-state index is 13.3. The summed E-state index contributed by atoms with van der Waals surface area (Å²) in [7, 11) is -3.73. The average molecular weight is 519 g/mol. The van der Waals surface area contributed by atoms with E-state index in [-0.39, 0.29) is 22.4 Å². The van der Waals surface area contributed by atoms with Gasteiger partial charge in [-0.2, -0.15) is 0 Å². The van der Waals surface area contributed by atoms with Gasteiger partial charge in [-0.15, -0.1) is 0 Å². The molecule has 0 aliphatic heterocycles. The Bertz CT molecular complexity index is 1180. The smallest absolute Gasteiger partial charge is 0.214 e. The van der Waals surface area contributed by atoms with E-state index in [1.807, 2.05) is 74.5 Å². The van der Waals surface area contributed by atoms with Crippen LogP contribution in [0.4, 0.5) is 0 Å². The predicted molar refractivity (Wildman–Crippen MR) is 141 cm³/mol. The molecule has 0 amide bonds. The molecule has 1 atom stereocenters. The van der Waals surface area contributed by atoms with Crippen molar-refractivity contribution in [3.63, 3.8) is 0 Å². The fourth-order valence-corrected chi connectivity index (χ4v) is 5.65. The number of hydrogen-bond donors (Lipinski definition) is 2. The highest BCUT2D eigenvalue weighted by Crippen LogP contribution is 2.30. The van der Waals surface area contributed by atoms with Crippen LogP contribution < -0.4 is 4.72 Å². The Labute approximate surface area is 211 Å². The zero-order valence-corrected chi connectivity index (χ0v) is 21.4. The highest BCUT2D eigenvalue weighted by molar-refractivity contribution is 7.89. The van der Waals surface area contributed by atoms with Crippen LogP contribution in [0.5, 0.6) is 5.75 Å². The lowest BCUT2D eigenvalue weighted by molar-refractivity contribution is 0.474. The summed E-state index contributed by atoms with van der Waals surface area (Å²) in [6, 6.07) is 20.8. The van der Waals surface area contributed by atoms with E-state index in [0.29, 0.717) is 17.0 Å². The molecular weight excluding hydrogens is 491 g/mol. The number of nitrogens with zero attached hydrogens (tertiary/aromatic N) is 1. The van der Waals surface area contributed by atoms with E-state index in [9.17, 15) is 13.5 Å². The second kappa shape index (κ2) is 11.8. The molecule has 3 aromatic carbocycles. The van der Waals surface area contributed by atoms with Gasteiger partial charge in [-0.3, -0.25) is 4.99 Å². The Hall–Kier alpha value is -2.38. The van der Waals surface area contributed by atoms with Crippen molar-refractivity contribution < 1.29 is 13.5 Å². The molecule has 0 aliphatic rings. The lowest BCUT2D eigenvalue weighted by atomic mass is 10.00. The molecule has 0 saturated carbocycles. The van der Waals surface area contributed by atoms with E-state index in [4.69, 9.17) is 23.2 Å². The van der Waals surface area contributed by atoms with Crippen molar-refractivity contribution in [2.24, 2.45) is 10.9 Å². The number of hydrogen-bond acceptors (Lipinski definition) is 4. The summed E-state index contributed by atoms with van der Waals surface area (Å²) in [6.45, 7) is 4.01. The normalized spacial score (nSPS) is 13.1. The summed E-state index contributed by atoms with van der Waals surface area (Å²) in [4.78, 5) is 4.49. The first-order valence-corrected chi connectivity index (χ1v) is 13.4. The first-order chi connectivity index (χ1) is 16.1. The van der Waals surface area contributed by atoms with Crippen LogP contribution in [0, 0.1) is 5.92 Å². The fraction of sp³-hybridized carbons (Fsp3) is 0.269. The van der Waals surface area contributed by atoms with Gasteiger partial charge in [-0.25, -0.2) is 13.1 Å². The molecule has 0 aliphatic carbocycles. The van der Waals surface area contributed by atoms with Crippen molar-refractivity contribution in [1.82, 2.24) is 4.72 Å². The summed E-state index contributed by atoms with van der Waals surface area (Å²) in [6.07, 6.45) is 1.98. The van der Waals surface area contributed by atoms with Gasteiger partial charge >= 0.3 is 0 Å². The Balaban J connectivity index is 1.86. The van der Waals surface area contributed by atoms with Crippen LogP contribution in [0.1, 0.15) is 43.0 Å². The average Bonchev–Trinajstić information content (AvgIpc) is 2.79. The lowest BCUT2D eigenvalue weighted by Gasteiger charge is -2.22. The van der Waals surface area contributed by atoms with Crippen molar-refractivity contribution in [3.8, 4) is 5.75 Å². The summed E-state index contributed by atoms with van der Waals surface area (Å²) < 4.78 is 29.4. The number of aliphatic imine (C=N–C) groups is 1. The zero-order chi connectivity index (χ0) is 24.7. The second-order valence-electron chi connectivity index (χ2n) is 8.54. The molecular formula is C26H28Cl2N2O3S. The quantitative estimate of drug-likeness (QED) is 0.311. The van der Waals surface area contributed by atoms with Gasteiger partial charge in [-0.05, 0) is 35.6 Å². The van der Waals surface area contributed by atoms with Gasteiger partial charge < -0.3 is 5.11 Å². The number of benzene rings is 3. The van der Waals surface area contributed by atoms with E-state index in [1.165, 1.54) is 18.3 Å². The minimum absolute atomic E-state index is 0.109. The topological polar surface area (TPSA) is 78.8 Å². The van der Waals surface area contributed by atoms with E-state index < -0.39 is 22.1 Å². The number of nitrogens with one attached hydrogen (secondary N) is 1. The number of phenols is 1. The first kappa shape index (κ1) is 26.2. The molecule has 180 valence electrons. The molecule has 3 rings (SSSR count). The van der Waals surface area contributed by atoms with Crippen molar-refractivity contribution in [2.75, 3.05) is 5.75 Å². The van der Waals surface area contributed by atoms with Gasteiger partial charge in [0.15, 0.2) is 0 Å². The van der Waals surface area contributed by atoms with Gasteiger partial charge in [0.2, 0.25) is 10.0 Å². The van der Waals surface area contributed by atoms with Crippen molar-refractivity contribution in [2.45, 2.75) is 32.4 Å². The SMILES string of the molecule is CC(C)CC(CS(=O)(=O)NC(c1ccccc1)c1ccccc1)N=Cc1cc(Cl)cc(Cl)c1O. The number of halogens is 2. The lowest BCUT2D eigenvalue weighted by Crippen LogP contribution is -2.35. The molecule has 0 heterocycles. The highest BCUT2D eigenvalue weighted by Gasteiger charge is 2.25. The summed E-state index contributed by atoms with van der Waals surface area (Å²) >= 11 is 12.0. The third-order valence-corrected chi connectivity index (χ3v) is 7.13. The monoisotopic (exact) mass is 518 g/mol. The van der Waals surface area contributed by atoms with E-state index in [2.05, 4.69) is 9.71 Å². The van der Waals surface area contributed by atoms with Gasteiger partial charge in [0.05, 0.1) is 22.9 Å². The Morgan fingerprint density at radius 2 is 1.53 bits per heavy atom. The highest BCUT2D eigenvalue weighted by atomic mass is 35.5. The Morgan fingerprint density at radius 3 is 2.06 bits per heavy atom. The molecule has 34 heavy (non-hydrogen) atoms. The second-order valence-corrected chi connectivity index (χ2v) is 11.2. The maximum absolute atomic E-state index is 13.3. The first-order valence-electron chi connectivity index (χ1n) is 11.0. The molecule has 0 radical (unpaired) electrons. The Morgan fingerprint density at radius 1 is 0.971 bits per heavy atom. The van der Waals surface area contributed by atoms with Crippen molar-refractivity contribution >= 4 is 39.4 Å². The largest absolute Gasteiger partial charge is 0.506 e. The summed E-state index contributed by atoms with van der Waals surface area (Å²) in [5.74, 6) is -0.132. The van der Waals surface area contributed by atoms with Crippen LogP contribution in [0.15, 0.2) is 77.8 Å². The third-order valence-electron chi connectivity index (χ3n) is 5.20. The molecule has 0 saturated heterocycles. The van der Waals surface area contributed by atoms with Crippen LogP contribution in [-0.4, -0.2) is 31.5 Å². The van der Waals surface area contributed by atoms with Crippen LogP contribution in [-0.2, 0) is 10.0 Å². The molecule has 0 spiro atoms. The van der Waals surface area contributed by atoms with Gasteiger partial charge in [0.25, 0.3) is 0 Å². The molecule has 3 aromatic rings. The zero-order valence-electron chi connectivity index (χ0n) is 19.0. The molecule has 1 unspecified atom stereocenters. The number of aromatic hydroxyl groups is 1. The minimum atomic E-state index is -3.73. The van der Waals surface area contributed by atoms with Crippen LogP contribution in [0.25, 0.3) is 0 Å². The van der Waals surface area contributed by atoms with Crippen LogP contribution in [0.3, 0.4) is 0 Å². The minimum Gasteiger partial charge on any atom is -0.506 e. The van der Waals surface area contributed by atoms with Crippen molar-refractivity contribution in [1.29, 1.82) is 0 Å². The number of sulfonamides is 1. The summed E-state index contributed by atoms with van der Waals surface area (Å²) in [5.41, 5.74) is 2.03. The van der Waals surface area contributed by atoms with E-state index in [0.717, 1.165) is 11.1 Å². The summed E-state index contributed by atoms with van der Waals surface area (Å²) in [5, 5.41) is 10.7. The molecule has 0 bridgehead atoms. The van der Waals surface area contributed by atoms with E-state index >= 15 is 0 Å². The Kier molecular flexibility index (Phi) is 9.14. The fourth-order valence-electron chi connectivity index (χ4n) is 3.69. The van der Waals surface area contributed by atoms with E-state index in [1.54, 1.807) is 0 Å².